The third-order valence-corrected chi connectivity index (χ3v) is 6.20. The third-order valence-electron chi connectivity index (χ3n) is 3.46. The molecule has 0 saturated heterocycles. The minimum Gasteiger partial charge on any atom is -0.337 e. The Morgan fingerprint density at radius 2 is 1.96 bits per heavy atom. The largest absolute Gasteiger partial charge is 0.337 e. The first kappa shape index (κ1) is 16.8. The molecule has 0 aliphatic heterocycles. The van der Waals surface area contributed by atoms with Gasteiger partial charge in [0.05, 0.1) is 17.2 Å². The summed E-state index contributed by atoms with van der Waals surface area (Å²) in [5.41, 5.74) is 0.751. The number of aromatic nitrogens is 2. The molecule has 1 aromatic carbocycles. The van der Waals surface area contributed by atoms with Crippen molar-refractivity contribution >= 4 is 21.4 Å². The molecule has 8 heteroatoms. The fraction of sp³-hybridized carbons (Fsp3) is 0.250. The lowest BCUT2D eigenvalue weighted by Crippen LogP contribution is -2.31. The number of rotatable bonds is 7. The third kappa shape index (κ3) is 3.89. The molecule has 3 rings (SSSR count). The van der Waals surface area contributed by atoms with E-state index in [9.17, 15) is 8.42 Å². The van der Waals surface area contributed by atoms with E-state index in [1.54, 1.807) is 19.1 Å². The molecule has 0 amide bonds. The van der Waals surface area contributed by atoms with E-state index in [0.29, 0.717) is 12.4 Å². The van der Waals surface area contributed by atoms with Crippen molar-refractivity contribution in [3.8, 4) is 10.7 Å². The van der Waals surface area contributed by atoms with Crippen molar-refractivity contribution in [3.63, 3.8) is 0 Å². The summed E-state index contributed by atoms with van der Waals surface area (Å²) < 4.78 is 31.8. The van der Waals surface area contributed by atoms with Crippen molar-refractivity contribution in [1.82, 2.24) is 14.4 Å². The molecular weight excluding hydrogens is 346 g/mol. The zero-order valence-electron chi connectivity index (χ0n) is 13.1. The highest BCUT2D eigenvalue weighted by Crippen LogP contribution is 2.22. The molecule has 0 fully saturated rings. The maximum atomic E-state index is 12.6. The van der Waals surface area contributed by atoms with Crippen LogP contribution in [0.25, 0.3) is 10.7 Å². The lowest BCUT2D eigenvalue weighted by molar-refractivity contribution is 0.321. The molecule has 0 N–H and O–H groups in total. The average molecular weight is 363 g/mol. The predicted octanol–water partition coefficient (Wildman–Crippen LogP) is 3.15. The van der Waals surface area contributed by atoms with Gasteiger partial charge in [-0.2, -0.15) is 9.29 Å². The fourth-order valence-corrected chi connectivity index (χ4v) is 4.40. The minimum absolute atomic E-state index is 0.0480. The first-order valence-corrected chi connectivity index (χ1v) is 9.95. The van der Waals surface area contributed by atoms with Gasteiger partial charge in [0.15, 0.2) is 0 Å². The summed E-state index contributed by atoms with van der Waals surface area (Å²) in [6.45, 7) is 2.20. The zero-order chi connectivity index (χ0) is 17.0. The van der Waals surface area contributed by atoms with Gasteiger partial charge in [-0.15, -0.1) is 11.3 Å². The summed E-state index contributed by atoms with van der Waals surface area (Å²) in [5.74, 6) is 0.724. The zero-order valence-corrected chi connectivity index (χ0v) is 14.8. The van der Waals surface area contributed by atoms with Crippen molar-refractivity contribution in [2.45, 2.75) is 19.2 Å². The van der Waals surface area contributed by atoms with Crippen LogP contribution in [0.1, 0.15) is 18.4 Å². The molecule has 0 saturated carbocycles. The van der Waals surface area contributed by atoms with Crippen molar-refractivity contribution in [2.24, 2.45) is 0 Å². The van der Waals surface area contributed by atoms with Gasteiger partial charge in [0.2, 0.25) is 21.7 Å². The van der Waals surface area contributed by atoms with Gasteiger partial charge in [-0.1, -0.05) is 48.5 Å². The van der Waals surface area contributed by atoms with Crippen LogP contribution < -0.4 is 0 Å². The molecular formula is C16H17N3O3S2. The van der Waals surface area contributed by atoms with Crippen LogP contribution in [0.15, 0.2) is 52.4 Å². The SMILES string of the molecule is CCN(Cc1nc(-c2cccs2)no1)S(=O)(=O)Cc1ccccc1. The number of hydrogen-bond donors (Lipinski definition) is 0. The summed E-state index contributed by atoms with van der Waals surface area (Å²) in [6, 6.07) is 12.9. The van der Waals surface area contributed by atoms with E-state index in [1.807, 2.05) is 35.7 Å². The minimum atomic E-state index is -3.46. The molecule has 0 atom stereocenters. The number of sulfonamides is 1. The highest BCUT2D eigenvalue weighted by molar-refractivity contribution is 7.88. The first-order chi connectivity index (χ1) is 11.6. The number of hydrogen-bond acceptors (Lipinski definition) is 6. The van der Waals surface area contributed by atoms with Crippen LogP contribution in [0, 0.1) is 0 Å². The summed E-state index contributed by atoms with van der Waals surface area (Å²) >= 11 is 1.50. The molecule has 0 aliphatic carbocycles. The molecule has 6 nitrogen and oxygen atoms in total. The quantitative estimate of drug-likeness (QED) is 0.644. The lowest BCUT2D eigenvalue weighted by atomic mass is 10.2. The molecule has 0 spiro atoms. The summed E-state index contributed by atoms with van der Waals surface area (Å²) in [5, 5.41) is 5.84. The molecule has 0 bridgehead atoms. The van der Waals surface area contributed by atoms with E-state index in [0.717, 1.165) is 10.4 Å². The molecule has 3 aromatic rings. The highest BCUT2D eigenvalue weighted by Gasteiger charge is 2.24. The lowest BCUT2D eigenvalue weighted by Gasteiger charge is -2.18. The summed E-state index contributed by atoms with van der Waals surface area (Å²) in [6.07, 6.45) is 0. The van der Waals surface area contributed by atoms with Crippen molar-refractivity contribution in [2.75, 3.05) is 6.54 Å². The summed E-state index contributed by atoms with van der Waals surface area (Å²) in [7, 11) is -3.46. The van der Waals surface area contributed by atoms with E-state index in [2.05, 4.69) is 10.1 Å². The molecule has 126 valence electrons. The van der Waals surface area contributed by atoms with E-state index >= 15 is 0 Å². The number of benzene rings is 1. The van der Waals surface area contributed by atoms with E-state index in [-0.39, 0.29) is 18.2 Å². The molecule has 2 aromatic heterocycles. The maximum absolute atomic E-state index is 12.6. The summed E-state index contributed by atoms with van der Waals surface area (Å²) in [4.78, 5) is 5.18. The van der Waals surface area contributed by atoms with Crippen LogP contribution in [0.3, 0.4) is 0 Å². The van der Waals surface area contributed by atoms with Gasteiger partial charge in [0, 0.05) is 6.54 Å². The van der Waals surface area contributed by atoms with Crippen LogP contribution >= 0.6 is 11.3 Å². The van der Waals surface area contributed by atoms with Crippen molar-refractivity contribution < 1.29 is 12.9 Å². The monoisotopic (exact) mass is 363 g/mol. The Bertz CT molecular complexity index is 874. The molecule has 0 unspecified atom stereocenters. The Morgan fingerprint density at radius 1 is 1.17 bits per heavy atom. The average Bonchev–Trinajstić information content (AvgIpc) is 3.24. The van der Waals surface area contributed by atoms with Gasteiger partial charge in [0.25, 0.3) is 0 Å². The number of nitrogens with zero attached hydrogens (tertiary/aromatic N) is 3. The Kier molecular flexibility index (Phi) is 5.08. The van der Waals surface area contributed by atoms with Gasteiger partial charge in [0.1, 0.15) is 0 Å². The topological polar surface area (TPSA) is 76.3 Å². The van der Waals surface area contributed by atoms with E-state index in [1.165, 1.54) is 15.6 Å². The van der Waals surface area contributed by atoms with Crippen LogP contribution in [0.5, 0.6) is 0 Å². The highest BCUT2D eigenvalue weighted by atomic mass is 32.2. The normalized spacial score (nSPS) is 11.9. The van der Waals surface area contributed by atoms with Gasteiger partial charge >= 0.3 is 0 Å². The van der Waals surface area contributed by atoms with Crippen molar-refractivity contribution in [3.05, 3.63) is 59.3 Å². The Hall–Kier alpha value is -2.03. The van der Waals surface area contributed by atoms with Gasteiger partial charge in [-0.25, -0.2) is 8.42 Å². The smallest absolute Gasteiger partial charge is 0.242 e. The Morgan fingerprint density at radius 3 is 2.62 bits per heavy atom. The second kappa shape index (κ2) is 7.25. The van der Waals surface area contributed by atoms with E-state index in [4.69, 9.17) is 4.52 Å². The van der Waals surface area contributed by atoms with Crippen LogP contribution in [0.2, 0.25) is 0 Å². The van der Waals surface area contributed by atoms with Gasteiger partial charge in [-0.05, 0) is 17.0 Å². The van der Waals surface area contributed by atoms with Gasteiger partial charge < -0.3 is 4.52 Å². The number of thiophene rings is 1. The molecule has 2 heterocycles. The maximum Gasteiger partial charge on any atom is 0.242 e. The van der Waals surface area contributed by atoms with E-state index < -0.39 is 10.0 Å². The second-order valence-electron chi connectivity index (χ2n) is 5.16. The van der Waals surface area contributed by atoms with Crippen LogP contribution in [-0.2, 0) is 22.3 Å². The molecule has 0 aliphatic rings. The second-order valence-corrected chi connectivity index (χ2v) is 8.07. The van der Waals surface area contributed by atoms with Crippen LogP contribution in [-0.4, -0.2) is 29.4 Å². The Balaban J connectivity index is 1.74. The Labute approximate surface area is 144 Å². The van der Waals surface area contributed by atoms with Crippen LogP contribution in [0.4, 0.5) is 0 Å². The standard InChI is InChI=1S/C16H17N3O3S2/c1-2-19(24(20,21)12-13-7-4-3-5-8-13)11-15-17-16(18-22-15)14-9-6-10-23-14/h3-10H,2,11-12H2,1H3. The molecule has 0 radical (unpaired) electrons. The van der Waals surface area contributed by atoms with Crippen molar-refractivity contribution in [1.29, 1.82) is 0 Å². The fourth-order valence-electron chi connectivity index (χ4n) is 2.26. The first-order valence-electron chi connectivity index (χ1n) is 7.46. The molecule has 24 heavy (non-hydrogen) atoms. The predicted molar refractivity (Wildman–Crippen MR) is 92.8 cm³/mol. The van der Waals surface area contributed by atoms with Gasteiger partial charge in [-0.3, -0.25) is 0 Å².